The third kappa shape index (κ3) is 8.02. The number of amides is 1. The molecule has 1 rings (SSSR count). The summed E-state index contributed by atoms with van der Waals surface area (Å²) < 4.78 is 0. The standard InChI is InChI=1S/C9H12N2O.4ClH/c10-6-5-7-1-3-8(4-2-7)9(11)12;;;;/h1-4H,5-6,10H2,(H2,11,12);4*1H. The molecule has 0 aliphatic heterocycles. The van der Waals surface area contributed by atoms with Gasteiger partial charge >= 0.3 is 0 Å². The number of primary amides is 1. The number of hydrogen-bond donors (Lipinski definition) is 2. The van der Waals surface area contributed by atoms with Gasteiger partial charge in [0.25, 0.3) is 0 Å². The van der Waals surface area contributed by atoms with E-state index in [1.165, 1.54) is 0 Å². The molecule has 0 bridgehead atoms. The highest BCUT2D eigenvalue weighted by Gasteiger charge is 1.98. The Morgan fingerprint density at radius 1 is 1.00 bits per heavy atom. The van der Waals surface area contributed by atoms with Gasteiger partial charge in [0, 0.05) is 5.56 Å². The molecule has 0 aliphatic carbocycles. The van der Waals surface area contributed by atoms with Crippen molar-refractivity contribution in [1.29, 1.82) is 0 Å². The van der Waals surface area contributed by atoms with Gasteiger partial charge < -0.3 is 11.5 Å². The SMILES string of the molecule is Cl.Cl.Cl.Cl.NCCc1ccc(C(N)=O)cc1. The Morgan fingerprint density at radius 2 is 1.44 bits per heavy atom. The van der Waals surface area contributed by atoms with Gasteiger partial charge in [0.05, 0.1) is 0 Å². The largest absolute Gasteiger partial charge is 0.366 e. The van der Waals surface area contributed by atoms with Gasteiger partial charge in [0.1, 0.15) is 0 Å². The lowest BCUT2D eigenvalue weighted by Gasteiger charge is -1.98. The molecule has 0 aromatic heterocycles. The molecular weight excluding hydrogens is 294 g/mol. The Morgan fingerprint density at radius 3 is 1.75 bits per heavy atom. The second-order valence-corrected chi connectivity index (χ2v) is 2.60. The van der Waals surface area contributed by atoms with E-state index in [1.807, 2.05) is 12.1 Å². The van der Waals surface area contributed by atoms with Gasteiger partial charge in [0.15, 0.2) is 0 Å². The van der Waals surface area contributed by atoms with E-state index in [1.54, 1.807) is 12.1 Å². The summed E-state index contributed by atoms with van der Waals surface area (Å²) >= 11 is 0. The number of carbonyl (C=O) groups is 1. The highest BCUT2D eigenvalue weighted by atomic mass is 35.5. The summed E-state index contributed by atoms with van der Waals surface area (Å²) in [5.41, 5.74) is 12.1. The highest BCUT2D eigenvalue weighted by molar-refractivity contribution is 5.92. The maximum absolute atomic E-state index is 10.7. The third-order valence-corrected chi connectivity index (χ3v) is 1.67. The van der Waals surface area contributed by atoms with E-state index in [9.17, 15) is 4.79 Å². The van der Waals surface area contributed by atoms with E-state index in [0.717, 1.165) is 12.0 Å². The van der Waals surface area contributed by atoms with E-state index in [0.29, 0.717) is 12.1 Å². The maximum atomic E-state index is 10.7. The van der Waals surface area contributed by atoms with E-state index in [2.05, 4.69) is 0 Å². The van der Waals surface area contributed by atoms with Gasteiger partial charge in [-0.1, -0.05) is 12.1 Å². The summed E-state index contributed by atoms with van der Waals surface area (Å²) in [6, 6.07) is 7.17. The number of halogens is 4. The molecule has 0 heterocycles. The Balaban J connectivity index is -0.000000180. The van der Waals surface area contributed by atoms with Crippen LogP contribution in [0, 0.1) is 0 Å². The molecule has 4 N–H and O–H groups in total. The summed E-state index contributed by atoms with van der Waals surface area (Å²) in [5.74, 6) is -0.394. The van der Waals surface area contributed by atoms with Crippen LogP contribution in [0.15, 0.2) is 24.3 Å². The van der Waals surface area contributed by atoms with Crippen molar-refractivity contribution in [2.45, 2.75) is 6.42 Å². The van der Waals surface area contributed by atoms with Crippen LogP contribution in [0.1, 0.15) is 15.9 Å². The average Bonchev–Trinajstić information content (AvgIpc) is 2.06. The normalized spacial score (nSPS) is 7.31. The van der Waals surface area contributed by atoms with E-state index < -0.39 is 5.91 Å². The zero-order chi connectivity index (χ0) is 8.97. The van der Waals surface area contributed by atoms with Crippen molar-refractivity contribution in [3.8, 4) is 0 Å². The molecule has 0 fully saturated rings. The Hall–Kier alpha value is -0.190. The summed E-state index contributed by atoms with van der Waals surface area (Å²) in [5, 5.41) is 0. The topological polar surface area (TPSA) is 69.1 Å². The van der Waals surface area contributed by atoms with E-state index in [4.69, 9.17) is 11.5 Å². The lowest BCUT2D eigenvalue weighted by molar-refractivity contribution is 0.100. The molecule has 0 radical (unpaired) electrons. The van der Waals surface area contributed by atoms with Crippen molar-refractivity contribution in [3.05, 3.63) is 35.4 Å². The van der Waals surface area contributed by atoms with Gasteiger partial charge in [-0.15, -0.1) is 49.6 Å². The lowest BCUT2D eigenvalue weighted by Crippen LogP contribution is -2.10. The summed E-state index contributed by atoms with van der Waals surface area (Å²) in [4.78, 5) is 10.7. The summed E-state index contributed by atoms with van der Waals surface area (Å²) in [6.45, 7) is 0.621. The van der Waals surface area contributed by atoms with Gasteiger partial charge in [-0.2, -0.15) is 0 Å². The zero-order valence-corrected chi connectivity index (χ0v) is 11.7. The van der Waals surface area contributed by atoms with Crippen molar-refractivity contribution < 1.29 is 4.79 Å². The first kappa shape index (κ1) is 24.9. The van der Waals surface area contributed by atoms with Crippen LogP contribution in [0.2, 0.25) is 0 Å². The average molecular weight is 310 g/mol. The molecule has 1 aromatic carbocycles. The first-order valence-electron chi connectivity index (χ1n) is 3.83. The van der Waals surface area contributed by atoms with Gasteiger partial charge in [-0.05, 0) is 30.7 Å². The number of benzene rings is 1. The minimum atomic E-state index is -0.394. The van der Waals surface area contributed by atoms with Gasteiger partial charge in [-0.3, -0.25) is 4.79 Å². The number of carbonyl (C=O) groups excluding carboxylic acids is 1. The second-order valence-electron chi connectivity index (χ2n) is 2.60. The van der Waals surface area contributed by atoms with E-state index in [-0.39, 0.29) is 49.6 Å². The minimum Gasteiger partial charge on any atom is -0.366 e. The molecule has 0 atom stereocenters. The van der Waals surface area contributed by atoms with Crippen LogP contribution in [0.3, 0.4) is 0 Å². The zero-order valence-electron chi connectivity index (χ0n) is 8.42. The molecule has 0 saturated carbocycles. The fourth-order valence-electron chi connectivity index (χ4n) is 1.00. The fraction of sp³-hybridized carbons (Fsp3) is 0.222. The van der Waals surface area contributed by atoms with Crippen LogP contribution in [-0.2, 0) is 6.42 Å². The minimum absolute atomic E-state index is 0. The fourth-order valence-corrected chi connectivity index (χ4v) is 1.00. The molecular formula is C9H16Cl4N2O. The Labute approximate surface area is 120 Å². The first-order valence-corrected chi connectivity index (χ1v) is 3.83. The summed E-state index contributed by atoms with van der Waals surface area (Å²) in [7, 11) is 0. The Bertz CT molecular complexity index is 279. The van der Waals surface area contributed by atoms with Crippen LogP contribution < -0.4 is 11.5 Å². The lowest BCUT2D eigenvalue weighted by atomic mass is 10.1. The van der Waals surface area contributed by atoms with Crippen LogP contribution in [-0.4, -0.2) is 12.5 Å². The predicted molar refractivity (Wildman–Crippen MR) is 76.7 cm³/mol. The van der Waals surface area contributed by atoms with Crippen molar-refractivity contribution in [2.75, 3.05) is 6.54 Å². The maximum Gasteiger partial charge on any atom is 0.248 e. The Kier molecular flexibility index (Phi) is 20.0. The molecule has 0 saturated heterocycles. The molecule has 0 aliphatic rings. The van der Waals surface area contributed by atoms with Crippen LogP contribution in [0.4, 0.5) is 0 Å². The monoisotopic (exact) mass is 308 g/mol. The first-order chi connectivity index (χ1) is 5.74. The van der Waals surface area contributed by atoms with Crippen molar-refractivity contribution in [2.24, 2.45) is 11.5 Å². The summed E-state index contributed by atoms with van der Waals surface area (Å²) in [6.07, 6.45) is 0.832. The molecule has 0 spiro atoms. The van der Waals surface area contributed by atoms with Gasteiger partial charge in [-0.25, -0.2) is 0 Å². The van der Waals surface area contributed by atoms with Crippen molar-refractivity contribution in [3.63, 3.8) is 0 Å². The van der Waals surface area contributed by atoms with Crippen LogP contribution in [0.5, 0.6) is 0 Å². The van der Waals surface area contributed by atoms with Crippen molar-refractivity contribution >= 4 is 55.5 Å². The molecule has 3 nitrogen and oxygen atoms in total. The van der Waals surface area contributed by atoms with Crippen LogP contribution >= 0.6 is 49.6 Å². The number of hydrogen-bond acceptors (Lipinski definition) is 2. The highest BCUT2D eigenvalue weighted by Crippen LogP contribution is 2.03. The number of rotatable bonds is 3. The predicted octanol–water partition coefficient (Wildman–Crippen LogP) is 1.97. The van der Waals surface area contributed by atoms with Crippen molar-refractivity contribution in [1.82, 2.24) is 0 Å². The van der Waals surface area contributed by atoms with E-state index >= 15 is 0 Å². The number of nitrogens with two attached hydrogens (primary N) is 2. The molecule has 1 amide bonds. The second kappa shape index (κ2) is 12.9. The van der Waals surface area contributed by atoms with Gasteiger partial charge in [0.2, 0.25) is 5.91 Å². The molecule has 1 aromatic rings. The van der Waals surface area contributed by atoms with Crippen LogP contribution in [0.25, 0.3) is 0 Å². The molecule has 16 heavy (non-hydrogen) atoms. The quantitative estimate of drug-likeness (QED) is 0.896. The molecule has 7 heteroatoms. The molecule has 0 unspecified atom stereocenters. The molecule has 96 valence electrons. The smallest absolute Gasteiger partial charge is 0.248 e. The third-order valence-electron chi connectivity index (χ3n) is 1.67.